The summed E-state index contributed by atoms with van der Waals surface area (Å²) in [6, 6.07) is 8.11. The van der Waals surface area contributed by atoms with Gasteiger partial charge in [-0.05, 0) is 55.7 Å². The van der Waals surface area contributed by atoms with Crippen LogP contribution in [0.5, 0.6) is 0 Å². The number of anilines is 1. The first kappa shape index (κ1) is 14.3. The Balaban J connectivity index is 1.52. The van der Waals surface area contributed by atoms with E-state index in [-0.39, 0.29) is 17.6 Å². The van der Waals surface area contributed by atoms with E-state index in [9.17, 15) is 9.90 Å². The first-order chi connectivity index (χ1) is 10.7. The molecule has 1 amide bonds. The van der Waals surface area contributed by atoms with Gasteiger partial charge in [0.2, 0.25) is 5.91 Å². The number of aliphatic hydroxyl groups excluding tert-OH is 1. The van der Waals surface area contributed by atoms with Gasteiger partial charge in [0, 0.05) is 17.6 Å². The number of aliphatic hydroxyl groups is 1. The van der Waals surface area contributed by atoms with Gasteiger partial charge in [-0.3, -0.25) is 4.79 Å². The molecule has 0 bridgehead atoms. The minimum Gasteiger partial charge on any atom is -0.388 e. The maximum Gasteiger partial charge on any atom is 0.227 e. The van der Waals surface area contributed by atoms with Crippen LogP contribution >= 0.6 is 0 Å². The second kappa shape index (κ2) is 5.38. The van der Waals surface area contributed by atoms with Gasteiger partial charge in [0.1, 0.15) is 0 Å². The minimum absolute atomic E-state index is 0.139. The Kier molecular flexibility index (Phi) is 3.48. The lowest BCUT2D eigenvalue weighted by Crippen LogP contribution is -2.34. The van der Waals surface area contributed by atoms with Crippen LogP contribution in [0.1, 0.15) is 69.5 Å². The summed E-state index contributed by atoms with van der Waals surface area (Å²) in [6.45, 7) is 0. The van der Waals surface area contributed by atoms with E-state index in [2.05, 4.69) is 0 Å². The van der Waals surface area contributed by atoms with Crippen LogP contribution in [0.2, 0.25) is 0 Å². The van der Waals surface area contributed by atoms with Crippen LogP contribution in [0.4, 0.5) is 5.69 Å². The van der Waals surface area contributed by atoms with Crippen LogP contribution in [0.3, 0.4) is 0 Å². The molecule has 118 valence electrons. The number of rotatable bonds is 3. The van der Waals surface area contributed by atoms with E-state index in [4.69, 9.17) is 0 Å². The van der Waals surface area contributed by atoms with E-state index < -0.39 is 0 Å². The molecule has 2 aliphatic carbocycles. The van der Waals surface area contributed by atoms with Crippen molar-refractivity contribution in [3.8, 4) is 0 Å². The highest BCUT2D eigenvalue weighted by molar-refractivity contribution is 5.98. The molecular weight excluding hydrogens is 274 g/mol. The number of hydrogen-bond donors (Lipinski definition) is 1. The first-order valence-corrected chi connectivity index (χ1v) is 8.81. The van der Waals surface area contributed by atoms with Gasteiger partial charge in [-0.1, -0.05) is 31.4 Å². The predicted octanol–water partition coefficient (Wildman–Crippen LogP) is 3.96. The fourth-order valence-electron chi connectivity index (χ4n) is 4.41. The Morgan fingerprint density at radius 1 is 1.05 bits per heavy atom. The van der Waals surface area contributed by atoms with Crippen LogP contribution in [-0.4, -0.2) is 16.6 Å². The highest BCUT2D eigenvalue weighted by Gasteiger charge is 2.54. The molecule has 3 aliphatic rings. The Bertz CT molecular complexity index is 555. The largest absolute Gasteiger partial charge is 0.388 e. The number of carbonyl (C=O) groups excluding carboxylic acids is 1. The summed E-state index contributed by atoms with van der Waals surface area (Å²) in [4.78, 5) is 14.2. The molecule has 3 heteroatoms. The molecule has 3 fully saturated rings. The van der Waals surface area contributed by atoms with Crippen LogP contribution in [0.25, 0.3) is 0 Å². The maximum absolute atomic E-state index is 12.2. The minimum atomic E-state index is -0.349. The van der Waals surface area contributed by atoms with Crippen LogP contribution in [0, 0.1) is 5.92 Å². The van der Waals surface area contributed by atoms with Crippen LogP contribution in [-0.2, 0) is 4.79 Å². The van der Waals surface area contributed by atoms with Crippen molar-refractivity contribution in [1.29, 1.82) is 0 Å². The number of carbonyl (C=O) groups is 1. The molecule has 1 atom stereocenters. The van der Waals surface area contributed by atoms with E-state index in [1.54, 1.807) is 0 Å². The molecular formula is C19H25NO2. The summed E-state index contributed by atoms with van der Waals surface area (Å²) in [6.07, 6.45) is 9.70. The van der Waals surface area contributed by atoms with Crippen LogP contribution < -0.4 is 4.90 Å². The topological polar surface area (TPSA) is 40.5 Å². The quantitative estimate of drug-likeness (QED) is 0.917. The summed E-state index contributed by atoms with van der Waals surface area (Å²) in [5.74, 6) is 0.667. The lowest BCUT2D eigenvalue weighted by molar-refractivity contribution is -0.117. The van der Waals surface area contributed by atoms with Crippen molar-refractivity contribution in [3.63, 3.8) is 0 Å². The van der Waals surface area contributed by atoms with Gasteiger partial charge in [-0.15, -0.1) is 0 Å². The summed E-state index contributed by atoms with van der Waals surface area (Å²) in [5, 5.41) is 10.6. The van der Waals surface area contributed by atoms with Gasteiger partial charge < -0.3 is 10.0 Å². The van der Waals surface area contributed by atoms with E-state index in [1.807, 2.05) is 29.2 Å². The summed E-state index contributed by atoms with van der Waals surface area (Å²) < 4.78 is 0. The summed E-state index contributed by atoms with van der Waals surface area (Å²) in [5.41, 5.74) is 2.16. The highest BCUT2D eigenvalue weighted by atomic mass is 16.3. The molecule has 1 saturated heterocycles. The number of benzene rings is 1. The lowest BCUT2D eigenvalue weighted by atomic mass is 9.83. The SMILES string of the molecule is O=C1CCC2(CC2)N1c1ccc(C(O)C2CCCCC2)cc1. The second-order valence-electron chi connectivity index (χ2n) is 7.39. The average molecular weight is 299 g/mol. The molecule has 22 heavy (non-hydrogen) atoms. The summed E-state index contributed by atoms with van der Waals surface area (Å²) in [7, 11) is 0. The molecule has 4 rings (SSSR count). The highest BCUT2D eigenvalue weighted by Crippen LogP contribution is 2.51. The smallest absolute Gasteiger partial charge is 0.227 e. The third kappa shape index (κ3) is 2.36. The number of hydrogen-bond acceptors (Lipinski definition) is 2. The molecule has 2 saturated carbocycles. The fourth-order valence-corrected chi connectivity index (χ4v) is 4.41. The average Bonchev–Trinajstić information content (AvgIpc) is 3.27. The maximum atomic E-state index is 12.2. The summed E-state index contributed by atoms with van der Waals surface area (Å²) >= 11 is 0. The number of nitrogens with zero attached hydrogens (tertiary/aromatic N) is 1. The third-order valence-electron chi connectivity index (χ3n) is 5.94. The predicted molar refractivity (Wildman–Crippen MR) is 86.7 cm³/mol. The third-order valence-corrected chi connectivity index (χ3v) is 5.94. The Labute approximate surface area is 132 Å². The van der Waals surface area contributed by atoms with Crippen molar-refractivity contribution in [2.75, 3.05) is 4.90 Å². The second-order valence-corrected chi connectivity index (χ2v) is 7.39. The van der Waals surface area contributed by atoms with Gasteiger partial charge in [0.25, 0.3) is 0 Å². The van der Waals surface area contributed by atoms with Gasteiger partial charge in [0.15, 0.2) is 0 Å². The van der Waals surface area contributed by atoms with Gasteiger partial charge in [-0.2, -0.15) is 0 Å². The van der Waals surface area contributed by atoms with Crippen molar-refractivity contribution in [1.82, 2.24) is 0 Å². The van der Waals surface area contributed by atoms with Crippen LogP contribution in [0.15, 0.2) is 24.3 Å². The standard InChI is InChI=1S/C19H25NO2/c21-17-10-11-19(12-13-19)20(17)16-8-6-15(7-9-16)18(22)14-4-2-1-3-5-14/h6-9,14,18,22H,1-5,10-13H2. The van der Waals surface area contributed by atoms with E-state index in [0.717, 1.165) is 43.4 Å². The van der Waals surface area contributed by atoms with E-state index in [1.165, 1.54) is 19.3 Å². The Morgan fingerprint density at radius 2 is 1.73 bits per heavy atom. The zero-order chi connectivity index (χ0) is 15.2. The Morgan fingerprint density at radius 3 is 2.36 bits per heavy atom. The molecule has 0 radical (unpaired) electrons. The van der Waals surface area contributed by atoms with Crippen molar-refractivity contribution in [2.24, 2.45) is 5.92 Å². The monoisotopic (exact) mass is 299 g/mol. The van der Waals surface area contributed by atoms with Gasteiger partial charge in [0.05, 0.1) is 6.10 Å². The van der Waals surface area contributed by atoms with E-state index >= 15 is 0 Å². The van der Waals surface area contributed by atoms with Crippen molar-refractivity contribution in [3.05, 3.63) is 29.8 Å². The van der Waals surface area contributed by atoms with Crippen molar-refractivity contribution in [2.45, 2.75) is 69.4 Å². The molecule has 1 aromatic rings. The van der Waals surface area contributed by atoms with Crippen molar-refractivity contribution < 1.29 is 9.90 Å². The van der Waals surface area contributed by atoms with E-state index in [0.29, 0.717) is 12.3 Å². The molecule has 1 heterocycles. The fraction of sp³-hybridized carbons (Fsp3) is 0.632. The molecule has 1 aromatic carbocycles. The molecule has 1 N–H and O–H groups in total. The molecule has 0 aromatic heterocycles. The van der Waals surface area contributed by atoms with Gasteiger partial charge in [-0.25, -0.2) is 0 Å². The zero-order valence-corrected chi connectivity index (χ0v) is 13.1. The van der Waals surface area contributed by atoms with Gasteiger partial charge >= 0.3 is 0 Å². The molecule has 1 aliphatic heterocycles. The lowest BCUT2D eigenvalue weighted by Gasteiger charge is -2.28. The molecule has 3 nitrogen and oxygen atoms in total. The van der Waals surface area contributed by atoms with Crippen molar-refractivity contribution >= 4 is 11.6 Å². The molecule has 1 unspecified atom stereocenters. The first-order valence-electron chi connectivity index (χ1n) is 8.81. The molecule has 1 spiro atoms. The number of amides is 1. The normalized spacial score (nSPS) is 25.7. The zero-order valence-electron chi connectivity index (χ0n) is 13.1. The Hall–Kier alpha value is -1.35.